The molecular weight excluding hydrogens is 403 g/mol. The molecule has 110 valence electrons. The van der Waals surface area contributed by atoms with Gasteiger partial charge in [-0.25, -0.2) is 9.98 Å². The maximum atomic E-state index is 4.57. The number of nitrogens with zero attached hydrogens (tertiary/aromatic N) is 2. The van der Waals surface area contributed by atoms with Crippen molar-refractivity contribution in [2.24, 2.45) is 4.99 Å². The minimum absolute atomic E-state index is 0. The average molecular weight is 422 g/mol. The molecule has 2 heterocycles. The van der Waals surface area contributed by atoms with Gasteiger partial charge in [0.05, 0.1) is 24.3 Å². The first kappa shape index (κ1) is 17.4. The Hall–Kier alpha value is -0.670. The van der Waals surface area contributed by atoms with Crippen LogP contribution in [-0.2, 0) is 13.1 Å². The lowest BCUT2D eigenvalue weighted by atomic mass is 10.3. The van der Waals surface area contributed by atoms with E-state index < -0.39 is 0 Å². The smallest absolute Gasteiger partial charge is 0.191 e. The zero-order valence-electron chi connectivity index (χ0n) is 11.5. The van der Waals surface area contributed by atoms with E-state index >= 15 is 0 Å². The van der Waals surface area contributed by atoms with Gasteiger partial charge in [0.25, 0.3) is 0 Å². The SMILES string of the molecule is CCNC(=NCc1ccsc1)NCc1scnc1C.I. The third-order valence-electron chi connectivity index (χ3n) is 2.61. The lowest BCUT2D eigenvalue weighted by Crippen LogP contribution is -2.36. The molecule has 0 aliphatic heterocycles. The highest BCUT2D eigenvalue weighted by atomic mass is 127. The van der Waals surface area contributed by atoms with Gasteiger partial charge in [-0.2, -0.15) is 11.3 Å². The van der Waals surface area contributed by atoms with Gasteiger partial charge in [0.1, 0.15) is 0 Å². The molecule has 0 fully saturated rings. The lowest BCUT2D eigenvalue weighted by molar-refractivity contribution is 0.819. The molecule has 0 aliphatic carbocycles. The summed E-state index contributed by atoms with van der Waals surface area (Å²) in [6, 6.07) is 2.10. The van der Waals surface area contributed by atoms with Crippen molar-refractivity contribution in [2.45, 2.75) is 26.9 Å². The van der Waals surface area contributed by atoms with Crippen molar-refractivity contribution in [1.82, 2.24) is 15.6 Å². The van der Waals surface area contributed by atoms with Crippen LogP contribution in [0.5, 0.6) is 0 Å². The molecule has 0 saturated carbocycles. The van der Waals surface area contributed by atoms with Crippen LogP contribution in [0.3, 0.4) is 0 Å². The lowest BCUT2D eigenvalue weighted by Gasteiger charge is -2.10. The van der Waals surface area contributed by atoms with Crippen LogP contribution in [0, 0.1) is 6.92 Å². The fraction of sp³-hybridized carbons (Fsp3) is 0.385. The quantitative estimate of drug-likeness (QED) is 0.441. The van der Waals surface area contributed by atoms with E-state index in [9.17, 15) is 0 Å². The Balaban J connectivity index is 0.00000200. The summed E-state index contributed by atoms with van der Waals surface area (Å²) in [4.78, 5) is 10.1. The maximum absolute atomic E-state index is 4.57. The highest BCUT2D eigenvalue weighted by Gasteiger charge is 2.03. The number of thiazole rings is 1. The number of halogens is 1. The van der Waals surface area contributed by atoms with Crippen LogP contribution in [-0.4, -0.2) is 17.5 Å². The van der Waals surface area contributed by atoms with E-state index in [1.165, 1.54) is 10.4 Å². The van der Waals surface area contributed by atoms with Crippen molar-refractivity contribution in [3.63, 3.8) is 0 Å². The monoisotopic (exact) mass is 422 g/mol. The van der Waals surface area contributed by atoms with Crippen LogP contribution in [0.25, 0.3) is 0 Å². The summed E-state index contributed by atoms with van der Waals surface area (Å²) in [5.74, 6) is 0.849. The molecule has 0 aromatic carbocycles. The second-order valence-corrected chi connectivity index (χ2v) is 5.76. The summed E-state index contributed by atoms with van der Waals surface area (Å²) < 4.78 is 0. The van der Waals surface area contributed by atoms with E-state index in [1.807, 2.05) is 12.4 Å². The first-order valence-corrected chi connectivity index (χ1v) is 8.04. The Morgan fingerprint density at radius 1 is 1.40 bits per heavy atom. The molecule has 7 heteroatoms. The van der Waals surface area contributed by atoms with Gasteiger partial charge in [-0.3, -0.25) is 0 Å². The molecule has 0 saturated heterocycles. The summed E-state index contributed by atoms with van der Waals surface area (Å²) in [6.45, 7) is 6.44. The van der Waals surface area contributed by atoms with E-state index in [1.54, 1.807) is 22.7 Å². The van der Waals surface area contributed by atoms with Crippen molar-refractivity contribution in [3.8, 4) is 0 Å². The number of aliphatic imine (C=N–C) groups is 1. The van der Waals surface area contributed by atoms with Gasteiger partial charge >= 0.3 is 0 Å². The van der Waals surface area contributed by atoms with E-state index in [4.69, 9.17) is 0 Å². The number of thiophene rings is 1. The predicted octanol–water partition coefficient (Wildman–Crippen LogP) is 3.39. The zero-order valence-corrected chi connectivity index (χ0v) is 15.5. The summed E-state index contributed by atoms with van der Waals surface area (Å²) in [7, 11) is 0. The Morgan fingerprint density at radius 2 is 2.25 bits per heavy atom. The van der Waals surface area contributed by atoms with Gasteiger partial charge in [-0.15, -0.1) is 35.3 Å². The second kappa shape index (κ2) is 9.30. The number of aryl methyl sites for hydroxylation is 1. The minimum Gasteiger partial charge on any atom is -0.357 e. The van der Waals surface area contributed by atoms with E-state index in [2.05, 4.69) is 44.4 Å². The maximum Gasteiger partial charge on any atom is 0.191 e. The number of guanidine groups is 1. The van der Waals surface area contributed by atoms with Gasteiger partial charge in [0.15, 0.2) is 5.96 Å². The van der Waals surface area contributed by atoms with Crippen LogP contribution in [0.1, 0.15) is 23.1 Å². The van der Waals surface area contributed by atoms with Gasteiger partial charge in [0.2, 0.25) is 0 Å². The first-order valence-electron chi connectivity index (χ1n) is 6.21. The average Bonchev–Trinajstić information content (AvgIpc) is 3.04. The number of hydrogen-bond donors (Lipinski definition) is 2. The second-order valence-electron chi connectivity index (χ2n) is 4.04. The molecule has 4 nitrogen and oxygen atoms in total. The molecule has 20 heavy (non-hydrogen) atoms. The summed E-state index contributed by atoms with van der Waals surface area (Å²) >= 11 is 3.37. The van der Waals surface area contributed by atoms with Crippen LogP contribution >= 0.6 is 46.7 Å². The van der Waals surface area contributed by atoms with Crippen LogP contribution in [0.15, 0.2) is 27.3 Å². The molecule has 2 aromatic rings. The Bertz CT molecular complexity index is 522. The molecule has 2 N–H and O–H groups in total. The van der Waals surface area contributed by atoms with Gasteiger partial charge < -0.3 is 10.6 Å². The largest absolute Gasteiger partial charge is 0.357 e. The van der Waals surface area contributed by atoms with Crippen molar-refractivity contribution in [3.05, 3.63) is 38.5 Å². The minimum atomic E-state index is 0. The molecule has 0 atom stereocenters. The number of rotatable bonds is 5. The third-order valence-corrected chi connectivity index (χ3v) is 4.27. The number of hydrogen-bond acceptors (Lipinski definition) is 4. The summed E-state index contributed by atoms with van der Waals surface area (Å²) in [5, 5.41) is 10.8. The molecule has 2 rings (SSSR count). The highest BCUT2D eigenvalue weighted by Crippen LogP contribution is 2.11. The van der Waals surface area contributed by atoms with Crippen molar-refractivity contribution in [2.75, 3.05) is 6.54 Å². The zero-order chi connectivity index (χ0) is 13.5. The Kier molecular flexibility index (Phi) is 8.08. The topological polar surface area (TPSA) is 49.3 Å². The van der Waals surface area contributed by atoms with Gasteiger partial charge in [-0.05, 0) is 36.2 Å². The fourth-order valence-electron chi connectivity index (χ4n) is 1.55. The van der Waals surface area contributed by atoms with Gasteiger partial charge in [0, 0.05) is 11.4 Å². The summed E-state index contributed by atoms with van der Waals surface area (Å²) in [6.07, 6.45) is 0. The van der Waals surface area contributed by atoms with E-state index in [0.717, 1.165) is 24.7 Å². The molecule has 0 bridgehead atoms. The predicted molar refractivity (Wildman–Crippen MR) is 98.2 cm³/mol. The van der Waals surface area contributed by atoms with Crippen LogP contribution < -0.4 is 10.6 Å². The van der Waals surface area contributed by atoms with Crippen molar-refractivity contribution >= 4 is 52.6 Å². The van der Waals surface area contributed by atoms with E-state index in [-0.39, 0.29) is 24.0 Å². The summed E-state index contributed by atoms with van der Waals surface area (Å²) in [5.41, 5.74) is 4.21. The third kappa shape index (κ3) is 5.37. The highest BCUT2D eigenvalue weighted by molar-refractivity contribution is 14.0. The Morgan fingerprint density at radius 3 is 2.85 bits per heavy atom. The molecule has 0 spiro atoms. The molecule has 0 unspecified atom stereocenters. The molecule has 0 amide bonds. The van der Waals surface area contributed by atoms with Gasteiger partial charge in [-0.1, -0.05) is 0 Å². The normalized spacial score (nSPS) is 11.0. The molecule has 0 radical (unpaired) electrons. The Labute approximate surface area is 144 Å². The molecular formula is C13H19IN4S2. The standard InChI is InChI=1S/C13H18N4S2.HI/c1-3-14-13(15-6-11-4-5-18-8-11)16-7-12-10(2)17-9-19-12;/h4-5,8-9H,3,6-7H2,1-2H3,(H2,14,15,16);1H. The number of aromatic nitrogens is 1. The fourth-order valence-corrected chi connectivity index (χ4v) is 2.93. The van der Waals surface area contributed by atoms with Crippen molar-refractivity contribution < 1.29 is 0 Å². The van der Waals surface area contributed by atoms with E-state index in [0.29, 0.717) is 6.54 Å². The van der Waals surface area contributed by atoms with Crippen LogP contribution in [0.2, 0.25) is 0 Å². The molecule has 2 aromatic heterocycles. The first-order chi connectivity index (χ1) is 9.29. The number of nitrogens with one attached hydrogen (secondary N) is 2. The van der Waals surface area contributed by atoms with Crippen molar-refractivity contribution in [1.29, 1.82) is 0 Å². The molecule has 0 aliphatic rings. The van der Waals surface area contributed by atoms with Crippen LogP contribution in [0.4, 0.5) is 0 Å².